The van der Waals surface area contributed by atoms with E-state index in [9.17, 15) is 0 Å². The van der Waals surface area contributed by atoms with Crippen LogP contribution in [0.25, 0.3) is 0 Å². The average molecular weight is 219 g/mol. The van der Waals surface area contributed by atoms with Crippen molar-refractivity contribution in [3.63, 3.8) is 0 Å². The molecule has 0 N–H and O–H groups in total. The van der Waals surface area contributed by atoms with E-state index in [1.807, 2.05) is 19.1 Å². The van der Waals surface area contributed by atoms with E-state index < -0.39 is 0 Å². The van der Waals surface area contributed by atoms with Crippen LogP contribution in [0, 0.1) is 6.92 Å². The largest absolute Gasteiger partial charge is 0.0877 e. The normalized spacial score (nSPS) is 12.4. The molecule has 0 atom stereocenters. The first-order valence-electron chi connectivity index (χ1n) is 6.65. The lowest BCUT2D eigenvalue weighted by Gasteiger charge is -1.98. The Morgan fingerprint density at radius 2 is 1.38 bits per heavy atom. The Morgan fingerprint density at radius 3 is 2.06 bits per heavy atom. The van der Waals surface area contributed by atoms with Crippen molar-refractivity contribution in [1.29, 1.82) is 0 Å². The van der Waals surface area contributed by atoms with Crippen molar-refractivity contribution < 1.29 is 0 Å². The monoisotopic (exact) mass is 219 g/mol. The molecule has 0 rings (SSSR count). The summed E-state index contributed by atoms with van der Waals surface area (Å²) in [6.45, 7) is 5.88. The molecule has 0 unspecified atom stereocenters. The van der Waals surface area contributed by atoms with Gasteiger partial charge in [0.2, 0.25) is 0 Å². The highest BCUT2D eigenvalue weighted by atomic mass is 13.9. The van der Waals surface area contributed by atoms with E-state index in [0.29, 0.717) is 0 Å². The molecule has 0 bridgehead atoms. The lowest BCUT2D eigenvalue weighted by molar-refractivity contribution is 0.599. The second-order valence-electron chi connectivity index (χ2n) is 4.10. The number of hydrogen-bond acceptors (Lipinski definition) is 0. The highest BCUT2D eigenvalue weighted by molar-refractivity contribution is 5.10. The number of hydrogen-bond donors (Lipinski definition) is 0. The summed E-state index contributed by atoms with van der Waals surface area (Å²) >= 11 is 0. The lowest BCUT2D eigenvalue weighted by atomic mass is 10.1. The predicted octanol–water partition coefficient (Wildman–Crippen LogP) is 5.63. The summed E-state index contributed by atoms with van der Waals surface area (Å²) in [4.78, 5) is 0. The maximum atomic E-state index is 3.85. The van der Waals surface area contributed by atoms with Crippen LogP contribution in [0.2, 0.25) is 0 Å². The Morgan fingerprint density at radius 1 is 0.750 bits per heavy atom. The van der Waals surface area contributed by atoms with Gasteiger partial charge in [-0.1, -0.05) is 81.9 Å². The summed E-state index contributed by atoms with van der Waals surface area (Å²) in [5.74, 6) is 0. The van der Waals surface area contributed by atoms with E-state index in [2.05, 4.69) is 31.2 Å². The second kappa shape index (κ2) is 14.2. The summed E-state index contributed by atoms with van der Waals surface area (Å²) in [5.41, 5.74) is 0. The van der Waals surface area contributed by atoms with Crippen LogP contribution in [0.1, 0.15) is 58.3 Å². The van der Waals surface area contributed by atoms with Crippen LogP contribution in [-0.2, 0) is 0 Å². The molecule has 0 aromatic carbocycles. The molecule has 0 spiro atoms. The molecule has 0 saturated heterocycles. The van der Waals surface area contributed by atoms with Crippen molar-refractivity contribution in [3.05, 3.63) is 43.4 Å². The summed E-state index contributed by atoms with van der Waals surface area (Å²) in [6, 6.07) is 0. The molecule has 1 radical (unpaired) electrons. The third kappa shape index (κ3) is 13.2. The lowest BCUT2D eigenvalue weighted by Crippen LogP contribution is -1.78. The first kappa shape index (κ1) is 15.2. The fourth-order valence-corrected chi connectivity index (χ4v) is 1.56. The predicted molar refractivity (Wildman–Crippen MR) is 75.4 cm³/mol. The zero-order valence-corrected chi connectivity index (χ0v) is 10.8. The topological polar surface area (TPSA) is 0 Å². The third-order valence-corrected chi connectivity index (χ3v) is 2.53. The van der Waals surface area contributed by atoms with Crippen LogP contribution in [0.3, 0.4) is 0 Å². The Labute approximate surface area is 102 Å². The van der Waals surface area contributed by atoms with Gasteiger partial charge >= 0.3 is 0 Å². The van der Waals surface area contributed by atoms with Gasteiger partial charge in [-0.15, -0.1) is 0 Å². The van der Waals surface area contributed by atoms with Crippen molar-refractivity contribution in [2.45, 2.75) is 58.3 Å². The summed E-state index contributed by atoms with van der Waals surface area (Å²) < 4.78 is 0. The summed E-state index contributed by atoms with van der Waals surface area (Å²) in [5, 5.41) is 0. The van der Waals surface area contributed by atoms with Crippen molar-refractivity contribution in [3.8, 4) is 0 Å². The zero-order chi connectivity index (χ0) is 11.9. The van der Waals surface area contributed by atoms with Crippen LogP contribution in [0.15, 0.2) is 36.5 Å². The molecule has 0 saturated carbocycles. The molecule has 16 heavy (non-hydrogen) atoms. The van der Waals surface area contributed by atoms with Gasteiger partial charge in [0.15, 0.2) is 0 Å². The molecule has 91 valence electrons. The number of rotatable bonds is 10. The van der Waals surface area contributed by atoms with Gasteiger partial charge in [0.05, 0.1) is 0 Å². The van der Waals surface area contributed by atoms with E-state index in [4.69, 9.17) is 0 Å². The van der Waals surface area contributed by atoms with Crippen LogP contribution in [0.4, 0.5) is 0 Å². The smallest absolute Gasteiger partial charge is 0.0348 e. The molecule has 0 aliphatic carbocycles. The van der Waals surface area contributed by atoms with Crippen molar-refractivity contribution in [2.75, 3.05) is 0 Å². The average Bonchev–Trinajstić information content (AvgIpc) is 2.31. The first-order chi connectivity index (χ1) is 7.91. The van der Waals surface area contributed by atoms with Gasteiger partial charge in [-0.25, -0.2) is 0 Å². The molecule has 0 fully saturated rings. The number of unbranched alkanes of at least 4 members (excludes halogenated alkanes) is 7. The Bertz CT molecular complexity index is 196. The molecule has 0 nitrogen and oxygen atoms in total. The first-order valence-corrected chi connectivity index (χ1v) is 6.65. The van der Waals surface area contributed by atoms with E-state index in [-0.39, 0.29) is 0 Å². The molecular weight excluding hydrogens is 192 g/mol. The fourth-order valence-electron chi connectivity index (χ4n) is 1.56. The molecule has 0 aliphatic rings. The van der Waals surface area contributed by atoms with Crippen LogP contribution >= 0.6 is 0 Å². The van der Waals surface area contributed by atoms with Crippen molar-refractivity contribution >= 4 is 0 Å². The van der Waals surface area contributed by atoms with Crippen LogP contribution < -0.4 is 0 Å². The highest BCUT2D eigenvalue weighted by Crippen LogP contribution is 2.08. The van der Waals surface area contributed by atoms with Crippen LogP contribution in [-0.4, -0.2) is 0 Å². The summed E-state index contributed by atoms with van der Waals surface area (Å²) in [7, 11) is 0. The van der Waals surface area contributed by atoms with E-state index in [0.717, 1.165) is 6.42 Å². The van der Waals surface area contributed by atoms with Gasteiger partial charge in [0.1, 0.15) is 0 Å². The van der Waals surface area contributed by atoms with Gasteiger partial charge in [0, 0.05) is 0 Å². The molecular formula is C16H27. The van der Waals surface area contributed by atoms with Gasteiger partial charge < -0.3 is 0 Å². The molecule has 0 heterocycles. The van der Waals surface area contributed by atoms with E-state index in [1.54, 1.807) is 0 Å². The quantitative estimate of drug-likeness (QED) is 0.330. The maximum absolute atomic E-state index is 3.85. The van der Waals surface area contributed by atoms with Gasteiger partial charge in [-0.05, 0) is 19.8 Å². The molecule has 0 aliphatic heterocycles. The Balaban J connectivity index is 3.14. The third-order valence-electron chi connectivity index (χ3n) is 2.53. The Kier molecular flexibility index (Phi) is 13.5. The SMILES string of the molecule is [CH2]CCCCCCCCC=CC=CC=CC. The second-order valence-corrected chi connectivity index (χ2v) is 4.10. The number of allylic oxidation sites excluding steroid dienone is 6. The molecule has 0 aromatic heterocycles. The fraction of sp³-hybridized carbons (Fsp3) is 0.562. The maximum Gasteiger partial charge on any atom is -0.0348 e. The van der Waals surface area contributed by atoms with Crippen molar-refractivity contribution in [2.24, 2.45) is 0 Å². The van der Waals surface area contributed by atoms with Gasteiger partial charge in [-0.3, -0.25) is 0 Å². The van der Waals surface area contributed by atoms with Gasteiger partial charge in [0.25, 0.3) is 0 Å². The van der Waals surface area contributed by atoms with Gasteiger partial charge in [-0.2, -0.15) is 0 Å². The molecule has 0 aromatic rings. The Hall–Kier alpha value is -0.780. The molecule has 0 heteroatoms. The summed E-state index contributed by atoms with van der Waals surface area (Å²) in [6.07, 6.45) is 23.1. The molecule has 0 amide bonds. The van der Waals surface area contributed by atoms with E-state index >= 15 is 0 Å². The van der Waals surface area contributed by atoms with E-state index in [1.165, 1.54) is 44.9 Å². The van der Waals surface area contributed by atoms with Crippen molar-refractivity contribution in [1.82, 2.24) is 0 Å². The van der Waals surface area contributed by atoms with Crippen LogP contribution in [0.5, 0.6) is 0 Å². The zero-order valence-electron chi connectivity index (χ0n) is 10.8. The standard InChI is InChI=1S/C16H27/c1-3-5-7-9-11-13-15-16-14-12-10-8-6-4-2/h4,6,8,10,12,14H,1,3,5,7,9,11,13,15-16H2,2H3. The minimum Gasteiger partial charge on any atom is -0.0877 e. The minimum atomic E-state index is 1.10. The highest BCUT2D eigenvalue weighted by Gasteiger charge is 1.88. The minimum absolute atomic E-state index is 1.10.